The zero-order chi connectivity index (χ0) is 24.8. The van der Waals surface area contributed by atoms with Gasteiger partial charge < -0.3 is 19.9 Å². The first kappa shape index (κ1) is 24.7. The number of fused-ring (bicyclic) bond motifs is 1. The number of para-hydroxylation sites is 1. The maximum Gasteiger partial charge on any atom is 0.251 e. The van der Waals surface area contributed by atoms with E-state index in [0.717, 1.165) is 21.4 Å². The quantitative estimate of drug-likeness (QED) is 0.282. The van der Waals surface area contributed by atoms with Gasteiger partial charge in [0.1, 0.15) is 5.75 Å². The number of amides is 2. The molecule has 2 amide bonds. The SMILES string of the molecule is COc1ccc(Cl)cc1NC(=O)CSc1cn(CCNC(=O)c2ccc(C)cc2)c2ccccc12. The van der Waals surface area contributed by atoms with Crippen LogP contribution in [0.2, 0.25) is 5.02 Å². The molecular weight excluding hydrogens is 482 g/mol. The van der Waals surface area contributed by atoms with Crippen LogP contribution in [0, 0.1) is 6.92 Å². The Hall–Kier alpha value is -3.42. The van der Waals surface area contributed by atoms with Crippen LogP contribution in [0.15, 0.2) is 77.8 Å². The summed E-state index contributed by atoms with van der Waals surface area (Å²) in [5.41, 5.74) is 3.35. The number of methoxy groups -OCH3 is 1. The molecule has 8 heteroatoms. The van der Waals surface area contributed by atoms with Gasteiger partial charge in [0.2, 0.25) is 5.91 Å². The standard InChI is InChI=1S/C27H26ClN3O3S/c1-18-7-9-19(10-8-18)27(33)29-13-14-31-16-25(21-5-3-4-6-23(21)31)35-17-26(32)30-22-15-20(28)11-12-24(22)34-2/h3-12,15-16H,13-14,17H2,1-2H3,(H,29,33)(H,30,32). The van der Waals surface area contributed by atoms with Crippen LogP contribution < -0.4 is 15.4 Å². The summed E-state index contributed by atoms with van der Waals surface area (Å²) in [6, 6.07) is 20.6. The number of halogens is 1. The number of rotatable bonds is 9. The second-order valence-corrected chi connectivity index (χ2v) is 9.46. The van der Waals surface area contributed by atoms with Crippen molar-refractivity contribution in [3.8, 4) is 5.75 Å². The van der Waals surface area contributed by atoms with Crippen LogP contribution in [0.5, 0.6) is 5.75 Å². The highest BCUT2D eigenvalue weighted by molar-refractivity contribution is 8.00. The van der Waals surface area contributed by atoms with Crippen LogP contribution in [0.1, 0.15) is 15.9 Å². The van der Waals surface area contributed by atoms with E-state index in [1.54, 1.807) is 25.3 Å². The lowest BCUT2D eigenvalue weighted by Crippen LogP contribution is -2.27. The van der Waals surface area contributed by atoms with Crippen molar-refractivity contribution in [3.63, 3.8) is 0 Å². The normalized spacial score (nSPS) is 10.8. The first-order valence-corrected chi connectivity index (χ1v) is 12.5. The molecule has 0 saturated heterocycles. The van der Waals surface area contributed by atoms with Crippen molar-refractivity contribution in [2.75, 3.05) is 24.7 Å². The molecule has 35 heavy (non-hydrogen) atoms. The number of nitrogens with zero attached hydrogens (tertiary/aromatic N) is 1. The van der Waals surface area contributed by atoms with Gasteiger partial charge in [0.25, 0.3) is 5.91 Å². The molecule has 2 N–H and O–H groups in total. The zero-order valence-electron chi connectivity index (χ0n) is 19.5. The molecule has 0 spiro atoms. The van der Waals surface area contributed by atoms with Crippen molar-refractivity contribution < 1.29 is 14.3 Å². The van der Waals surface area contributed by atoms with E-state index in [1.807, 2.05) is 61.7 Å². The fraction of sp³-hybridized carbons (Fsp3) is 0.185. The molecule has 3 aromatic carbocycles. The smallest absolute Gasteiger partial charge is 0.251 e. The highest BCUT2D eigenvalue weighted by atomic mass is 35.5. The van der Waals surface area contributed by atoms with E-state index in [4.69, 9.17) is 16.3 Å². The van der Waals surface area contributed by atoms with Gasteiger partial charge in [-0.3, -0.25) is 9.59 Å². The molecule has 4 rings (SSSR count). The molecule has 0 unspecified atom stereocenters. The summed E-state index contributed by atoms with van der Waals surface area (Å²) in [4.78, 5) is 26.0. The summed E-state index contributed by atoms with van der Waals surface area (Å²) in [6.07, 6.45) is 2.03. The summed E-state index contributed by atoms with van der Waals surface area (Å²) in [7, 11) is 1.55. The lowest BCUT2D eigenvalue weighted by Gasteiger charge is -2.10. The average molecular weight is 508 g/mol. The molecule has 0 bridgehead atoms. The number of ether oxygens (including phenoxy) is 1. The lowest BCUT2D eigenvalue weighted by molar-refractivity contribution is -0.113. The van der Waals surface area contributed by atoms with Crippen molar-refractivity contribution >= 4 is 51.8 Å². The number of hydrogen-bond donors (Lipinski definition) is 2. The molecule has 0 aliphatic rings. The van der Waals surface area contributed by atoms with E-state index in [2.05, 4.69) is 15.2 Å². The van der Waals surface area contributed by atoms with Gasteiger partial charge >= 0.3 is 0 Å². The number of aromatic nitrogens is 1. The Morgan fingerprint density at radius 1 is 1.06 bits per heavy atom. The van der Waals surface area contributed by atoms with Crippen molar-refractivity contribution in [1.29, 1.82) is 0 Å². The minimum Gasteiger partial charge on any atom is -0.495 e. The molecule has 1 aromatic heterocycles. The number of thioether (sulfide) groups is 1. The monoisotopic (exact) mass is 507 g/mol. The molecule has 0 aliphatic heterocycles. The average Bonchev–Trinajstić information content (AvgIpc) is 3.21. The van der Waals surface area contributed by atoms with Gasteiger partial charge in [0, 0.05) is 45.7 Å². The summed E-state index contributed by atoms with van der Waals surface area (Å²) in [5, 5.41) is 7.44. The molecule has 6 nitrogen and oxygen atoms in total. The third kappa shape index (κ3) is 6.18. The number of carbonyl (C=O) groups excluding carboxylic acids is 2. The molecule has 0 fully saturated rings. The van der Waals surface area contributed by atoms with Crippen molar-refractivity contribution in [3.05, 3.63) is 89.1 Å². The maximum atomic E-state index is 12.6. The second kappa shape index (κ2) is 11.3. The Labute approximate surface area is 213 Å². The number of nitrogens with one attached hydrogen (secondary N) is 2. The van der Waals surface area contributed by atoms with Crippen LogP contribution in [0.4, 0.5) is 5.69 Å². The van der Waals surface area contributed by atoms with Crippen LogP contribution in [0.25, 0.3) is 10.9 Å². The summed E-state index contributed by atoms with van der Waals surface area (Å²) >= 11 is 7.52. The predicted octanol–water partition coefficient (Wildman–Crippen LogP) is 5.77. The fourth-order valence-electron chi connectivity index (χ4n) is 3.72. The van der Waals surface area contributed by atoms with E-state index in [-0.39, 0.29) is 17.6 Å². The van der Waals surface area contributed by atoms with E-state index >= 15 is 0 Å². The summed E-state index contributed by atoms with van der Waals surface area (Å²) in [5.74, 6) is 0.535. The van der Waals surface area contributed by atoms with E-state index < -0.39 is 0 Å². The zero-order valence-corrected chi connectivity index (χ0v) is 21.1. The molecule has 1 heterocycles. The third-order valence-electron chi connectivity index (χ3n) is 5.50. The number of anilines is 1. The summed E-state index contributed by atoms with van der Waals surface area (Å²) in [6.45, 7) is 3.10. The number of hydrogen-bond acceptors (Lipinski definition) is 4. The van der Waals surface area contributed by atoms with E-state index in [1.165, 1.54) is 11.8 Å². The third-order valence-corrected chi connectivity index (χ3v) is 6.78. The number of benzene rings is 3. The van der Waals surface area contributed by atoms with Crippen molar-refractivity contribution in [1.82, 2.24) is 9.88 Å². The first-order valence-electron chi connectivity index (χ1n) is 11.1. The Morgan fingerprint density at radius 2 is 1.83 bits per heavy atom. The van der Waals surface area contributed by atoms with Crippen molar-refractivity contribution in [2.24, 2.45) is 0 Å². The molecule has 0 radical (unpaired) electrons. The first-order chi connectivity index (χ1) is 16.9. The van der Waals surface area contributed by atoms with Gasteiger partial charge in [-0.05, 0) is 43.3 Å². The second-order valence-electron chi connectivity index (χ2n) is 8.01. The van der Waals surface area contributed by atoms with E-state index in [9.17, 15) is 9.59 Å². The highest BCUT2D eigenvalue weighted by Crippen LogP contribution is 2.31. The number of carbonyl (C=O) groups is 2. The largest absolute Gasteiger partial charge is 0.495 e. The molecular formula is C27H26ClN3O3S. The molecule has 4 aromatic rings. The molecule has 0 aliphatic carbocycles. The summed E-state index contributed by atoms with van der Waals surface area (Å²) < 4.78 is 7.40. The Balaban J connectivity index is 1.39. The molecule has 0 saturated carbocycles. The Kier molecular flexibility index (Phi) is 8.00. The minimum absolute atomic E-state index is 0.0934. The van der Waals surface area contributed by atoms with Crippen LogP contribution >= 0.6 is 23.4 Å². The van der Waals surface area contributed by atoms with Crippen LogP contribution in [-0.2, 0) is 11.3 Å². The molecule has 180 valence electrons. The Bertz CT molecular complexity index is 1350. The lowest BCUT2D eigenvalue weighted by atomic mass is 10.1. The van der Waals surface area contributed by atoms with Gasteiger partial charge in [-0.15, -0.1) is 11.8 Å². The van der Waals surface area contributed by atoms with Crippen molar-refractivity contribution in [2.45, 2.75) is 18.4 Å². The van der Waals surface area contributed by atoms with Gasteiger partial charge in [-0.25, -0.2) is 0 Å². The maximum absolute atomic E-state index is 12.6. The van der Waals surface area contributed by atoms with Gasteiger partial charge in [0.15, 0.2) is 0 Å². The highest BCUT2D eigenvalue weighted by Gasteiger charge is 2.13. The van der Waals surface area contributed by atoms with Gasteiger partial charge in [-0.1, -0.05) is 47.5 Å². The van der Waals surface area contributed by atoms with Crippen LogP contribution in [-0.4, -0.2) is 35.8 Å². The minimum atomic E-state index is -0.155. The van der Waals surface area contributed by atoms with Gasteiger partial charge in [0.05, 0.1) is 18.6 Å². The van der Waals surface area contributed by atoms with Gasteiger partial charge in [-0.2, -0.15) is 0 Å². The van der Waals surface area contributed by atoms with Crippen LogP contribution in [0.3, 0.4) is 0 Å². The fourth-order valence-corrected chi connectivity index (χ4v) is 4.78. The van der Waals surface area contributed by atoms with E-state index in [0.29, 0.717) is 35.1 Å². The Morgan fingerprint density at radius 3 is 2.60 bits per heavy atom. The topological polar surface area (TPSA) is 72.4 Å². The molecule has 0 atom stereocenters. The number of aryl methyl sites for hydroxylation is 1. The predicted molar refractivity (Wildman–Crippen MR) is 143 cm³/mol.